The third-order valence-corrected chi connectivity index (χ3v) is 5.50. The smallest absolute Gasteiger partial charge is 0.279 e. The highest BCUT2D eigenvalue weighted by Crippen LogP contribution is 2.43. The highest BCUT2D eigenvalue weighted by atomic mass is 16.5. The van der Waals surface area contributed by atoms with Gasteiger partial charge in [-0.1, -0.05) is 48.9 Å². The number of amides is 2. The Morgan fingerprint density at radius 3 is 2.33 bits per heavy atom. The predicted octanol–water partition coefficient (Wildman–Crippen LogP) is 3.34. The first kappa shape index (κ1) is 19.0. The molecule has 0 spiro atoms. The van der Waals surface area contributed by atoms with Crippen molar-refractivity contribution in [2.24, 2.45) is 0 Å². The molecule has 0 radical (unpaired) electrons. The van der Waals surface area contributed by atoms with E-state index in [0.717, 1.165) is 36.0 Å². The van der Waals surface area contributed by atoms with E-state index in [1.165, 1.54) is 0 Å². The Hall–Kier alpha value is -2.82. The van der Waals surface area contributed by atoms with Crippen LogP contribution in [0.4, 0.5) is 0 Å². The van der Waals surface area contributed by atoms with Crippen LogP contribution in [0.25, 0.3) is 0 Å². The summed E-state index contributed by atoms with van der Waals surface area (Å²) < 4.78 is 5.77. The molecule has 0 aliphatic heterocycles. The lowest BCUT2D eigenvalue weighted by molar-refractivity contribution is -0.137. The van der Waals surface area contributed by atoms with Crippen molar-refractivity contribution in [2.45, 2.75) is 51.6 Å². The summed E-state index contributed by atoms with van der Waals surface area (Å²) in [6, 6.07) is 15.5. The van der Waals surface area contributed by atoms with Gasteiger partial charge in [0.1, 0.15) is 5.75 Å². The molecule has 5 heteroatoms. The first-order chi connectivity index (χ1) is 12.9. The molecule has 1 saturated carbocycles. The molecule has 27 heavy (non-hydrogen) atoms. The summed E-state index contributed by atoms with van der Waals surface area (Å²) >= 11 is 0. The Bertz CT molecular complexity index is 829. The number of carbonyl (C=O) groups excluding carboxylic acids is 2. The van der Waals surface area contributed by atoms with Crippen LogP contribution >= 0.6 is 0 Å². The summed E-state index contributed by atoms with van der Waals surface area (Å²) in [5, 5.41) is 0. The van der Waals surface area contributed by atoms with Gasteiger partial charge >= 0.3 is 0 Å². The van der Waals surface area contributed by atoms with Crippen LogP contribution in [0.5, 0.6) is 5.75 Å². The Morgan fingerprint density at radius 1 is 1.00 bits per heavy atom. The lowest BCUT2D eigenvalue weighted by Crippen LogP contribution is -2.56. The van der Waals surface area contributed by atoms with Gasteiger partial charge in [0.25, 0.3) is 5.91 Å². The monoisotopic (exact) mass is 366 g/mol. The Kier molecular flexibility index (Phi) is 5.49. The van der Waals surface area contributed by atoms with Crippen molar-refractivity contribution in [2.75, 3.05) is 0 Å². The second-order valence-electron chi connectivity index (χ2n) is 7.20. The molecular weight excluding hydrogens is 340 g/mol. The molecular formula is C22H26N2O3. The minimum absolute atomic E-state index is 0.174. The topological polar surface area (TPSA) is 67.4 Å². The lowest BCUT2D eigenvalue weighted by Gasteiger charge is -2.40. The normalized spacial score (nSPS) is 16.0. The quantitative estimate of drug-likeness (QED) is 0.798. The molecule has 0 saturated heterocycles. The van der Waals surface area contributed by atoms with Crippen molar-refractivity contribution < 1.29 is 14.3 Å². The zero-order valence-corrected chi connectivity index (χ0v) is 16.0. The molecule has 1 atom stereocenters. The molecule has 3 rings (SSSR count). The number of rotatable bonds is 5. The molecule has 2 aromatic rings. The largest absolute Gasteiger partial charge is 0.481 e. The lowest BCUT2D eigenvalue weighted by atomic mass is 9.64. The van der Waals surface area contributed by atoms with Gasteiger partial charge in [0.2, 0.25) is 5.91 Å². The van der Waals surface area contributed by atoms with E-state index in [4.69, 9.17) is 4.74 Å². The van der Waals surface area contributed by atoms with Crippen molar-refractivity contribution in [3.8, 4) is 5.75 Å². The highest BCUT2D eigenvalue weighted by Gasteiger charge is 2.45. The van der Waals surface area contributed by atoms with Crippen molar-refractivity contribution >= 4 is 11.8 Å². The van der Waals surface area contributed by atoms with Gasteiger partial charge in [0.15, 0.2) is 6.10 Å². The maximum absolute atomic E-state index is 12.8. The fraction of sp³-hybridized carbons (Fsp3) is 0.364. The van der Waals surface area contributed by atoms with Crippen LogP contribution in [-0.4, -0.2) is 17.9 Å². The predicted molar refractivity (Wildman–Crippen MR) is 104 cm³/mol. The second kappa shape index (κ2) is 7.82. The highest BCUT2D eigenvalue weighted by molar-refractivity contribution is 5.91. The van der Waals surface area contributed by atoms with Crippen LogP contribution in [0, 0.1) is 13.8 Å². The van der Waals surface area contributed by atoms with Gasteiger partial charge in [0.05, 0.1) is 5.41 Å². The van der Waals surface area contributed by atoms with Gasteiger partial charge in [-0.3, -0.25) is 20.4 Å². The molecule has 2 aromatic carbocycles. The molecule has 5 nitrogen and oxygen atoms in total. The van der Waals surface area contributed by atoms with Gasteiger partial charge in [0, 0.05) is 0 Å². The van der Waals surface area contributed by atoms with Crippen LogP contribution in [0.2, 0.25) is 0 Å². The average Bonchev–Trinajstić information content (AvgIpc) is 2.63. The molecule has 0 bridgehead atoms. The van der Waals surface area contributed by atoms with E-state index in [0.29, 0.717) is 5.75 Å². The molecule has 142 valence electrons. The molecule has 1 aliphatic rings. The van der Waals surface area contributed by atoms with Crippen LogP contribution in [0.1, 0.15) is 42.9 Å². The summed E-state index contributed by atoms with van der Waals surface area (Å²) in [5.41, 5.74) is 7.65. The fourth-order valence-corrected chi connectivity index (χ4v) is 3.37. The van der Waals surface area contributed by atoms with Crippen LogP contribution in [0.15, 0.2) is 48.5 Å². The third-order valence-electron chi connectivity index (χ3n) is 5.50. The number of hydrazine groups is 1. The van der Waals surface area contributed by atoms with Crippen molar-refractivity contribution in [1.29, 1.82) is 0 Å². The van der Waals surface area contributed by atoms with Crippen molar-refractivity contribution in [1.82, 2.24) is 10.9 Å². The third kappa shape index (κ3) is 3.82. The summed E-state index contributed by atoms with van der Waals surface area (Å²) in [5.74, 6) is 0.114. The van der Waals surface area contributed by atoms with E-state index in [1.54, 1.807) is 6.92 Å². The van der Waals surface area contributed by atoms with E-state index >= 15 is 0 Å². The Labute approximate surface area is 160 Å². The van der Waals surface area contributed by atoms with Gasteiger partial charge in [-0.25, -0.2) is 0 Å². The molecule has 1 unspecified atom stereocenters. The number of hydrogen-bond donors (Lipinski definition) is 2. The number of carbonyl (C=O) groups is 2. The molecule has 2 N–H and O–H groups in total. The number of benzene rings is 2. The number of hydrogen-bond acceptors (Lipinski definition) is 3. The van der Waals surface area contributed by atoms with Gasteiger partial charge in [-0.05, 0) is 56.4 Å². The molecule has 1 aliphatic carbocycles. The van der Waals surface area contributed by atoms with E-state index in [9.17, 15) is 9.59 Å². The Morgan fingerprint density at radius 2 is 1.70 bits per heavy atom. The zero-order chi connectivity index (χ0) is 19.4. The first-order valence-electron chi connectivity index (χ1n) is 9.33. The molecule has 0 aromatic heterocycles. The molecule has 2 amide bonds. The van der Waals surface area contributed by atoms with Crippen LogP contribution in [0.3, 0.4) is 0 Å². The van der Waals surface area contributed by atoms with E-state index in [-0.39, 0.29) is 11.8 Å². The number of ether oxygens (including phenoxy) is 1. The minimum atomic E-state index is -0.722. The number of nitrogens with one attached hydrogen (secondary N) is 2. The second-order valence-corrected chi connectivity index (χ2v) is 7.20. The molecule has 1 fully saturated rings. The summed E-state index contributed by atoms with van der Waals surface area (Å²) in [7, 11) is 0. The van der Waals surface area contributed by atoms with E-state index in [1.807, 2.05) is 62.4 Å². The first-order valence-corrected chi connectivity index (χ1v) is 9.33. The zero-order valence-electron chi connectivity index (χ0n) is 16.0. The maximum Gasteiger partial charge on any atom is 0.279 e. The SMILES string of the molecule is Cc1cccc(OC(C)C(=O)NNC(=O)C2(c3ccccc3)CCC2)c1C. The van der Waals surface area contributed by atoms with Crippen LogP contribution in [-0.2, 0) is 15.0 Å². The summed E-state index contributed by atoms with van der Waals surface area (Å²) in [6.45, 7) is 5.62. The van der Waals surface area contributed by atoms with E-state index < -0.39 is 11.5 Å². The van der Waals surface area contributed by atoms with Crippen LogP contribution < -0.4 is 15.6 Å². The van der Waals surface area contributed by atoms with Crippen molar-refractivity contribution in [3.63, 3.8) is 0 Å². The maximum atomic E-state index is 12.8. The van der Waals surface area contributed by atoms with E-state index in [2.05, 4.69) is 10.9 Å². The molecule has 0 heterocycles. The summed E-state index contributed by atoms with van der Waals surface area (Å²) in [4.78, 5) is 25.1. The minimum Gasteiger partial charge on any atom is -0.481 e. The van der Waals surface area contributed by atoms with Gasteiger partial charge in [-0.2, -0.15) is 0 Å². The van der Waals surface area contributed by atoms with Gasteiger partial charge in [-0.15, -0.1) is 0 Å². The van der Waals surface area contributed by atoms with Crippen molar-refractivity contribution in [3.05, 3.63) is 65.2 Å². The average molecular weight is 366 g/mol. The van der Waals surface area contributed by atoms with Gasteiger partial charge < -0.3 is 4.74 Å². The fourth-order valence-electron chi connectivity index (χ4n) is 3.37. The standard InChI is InChI=1S/C22H26N2O3/c1-15-9-7-12-19(16(15)2)27-17(3)20(25)23-24-21(26)22(13-8-14-22)18-10-5-4-6-11-18/h4-7,9-12,17H,8,13-14H2,1-3H3,(H,23,25)(H,24,26). The number of aryl methyl sites for hydroxylation is 1. The Balaban J connectivity index is 1.60. The summed E-state index contributed by atoms with van der Waals surface area (Å²) in [6.07, 6.45) is 1.85.